The van der Waals surface area contributed by atoms with Crippen molar-refractivity contribution in [3.05, 3.63) is 40.7 Å². The zero-order valence-electron chi connectivity index (χ0n) is 14.2. The zero-order chi connectivity index (χ0) is 17.4. The SMILES string of the molecule is Cc1sc2ncnc(N3CCN(c4cc(C#N)ccn4)CC3)c2c1C. The summed E-state index contributed by atoms with van der Waals surface area (Å²) in [7, 11) is 0. The molecule has 0 spiro atoms. The van der Waals surface area contributed by atoms with Crippen molar-refractivity contribution in [3.63, 3.8) is 0 Å². The van der Waals surface area contributed by atoms with Gasteiger partial charge in [-0.15, -0.1) is 11.3 Å². The summed E-state index contributed by atoms with van der Waals surface area (Å²) in [6.07, 6.45) is 3.36. The fraction of sp³-hybridized carbons (Fsp3) is 0.333. The van der Waals surface area contributed by atoms with E-state index in [4.69, 9.17) is 5.26 Å². The lowest BCUT2D eigenvalue weighted by atomic mass is 10.2. The molecule has 7 heteroatoms. The molecular formula is C18H18N6S. The highest BCUT2D eigenvalue weighted by molar-refractivity contribution is 7.18. The van der Waals surface area contributed by atoms with Gasteiger partial charge in [0.1, 0.15) is 22.8 Å². The van der Waals surface area contributed by atoms with Crippen LogP contribution in [0.3, 0.4) is 0 Å². The van der Waals surface area contributed by atoms with E-state index in [2.05, 4.69) is 44.7 Å². The standard InChI is InChI=1S/C18H18N6S/c1-12-13(2)25-18-16(12)17(21-11-22-18)24-7-5-23(6-8-24)15-9-14(10-19)3-4-20-15/h3-4,9,11H,5-8H2,1-2H3. The number of hydrogen-bond acceptors (Lipinski definition) is 7. The first-order chi connectivity index (χ1) is 12.2. The Morgan fingerprint density at radius 2 is 1.84 bits per heavy atom. The number of piperazine rings is 1. The van der Waals surface area contributed by atoms with Gasteiger partial charge in [0.05, 0.1) is 17.0 Å². The summed E-state index contributed by atoms with van der Waals surface area (Å²) >= 11 is 1.73. The molecule has 0 atom stereocenters. The van der Waals surface area contributed by atoms with E-state index in [1.165, 1.54) is 15.8 Å². The number of thiophene rings is 1. The molecule has 1 fully saturated rings. The smallest absolute Gasteiger partial charge is 0.141 e. The van der Waals surface area contributed by atoms with E-state index in [9.17, 15) is 0 Å². The highest BCUT2D eigenvalue weighted by atomic mass is 32.1. The van der Waals surface area contributed by atoms with Gasteiger partial charge in [0.25, 0.3) is 0 Å². The molecule has 0 N–H and O–H groups in total. The Balaban J connectivity index is 1.57. The van der Waals surface area contributed by atoms with Gasteiger partial charge >= 0.3 is 0 Å². The van der Waals surface area contributed by atoms with Gasteiger partial charge in [-0.25, -0.2) is 15.0 Å². The molecule has 0 aromatic carbocycles. The van der Waals surface area contributed by atoms with Crippen LogP contribution in [0.15, 0.2) is 24.7 Å². The minimum absolute atomic E-state index is 0.648. The Labute approximate surface area is 150 Å². The monoisotopic (exact) mass is 350 g/mol. The maximum Gasteiger partial charge on any atom is 0.141 e. The summed E-state index contributed by atoms with van der Waals surface area (Å²) < 4.78 is 0. The molecule has 25 heavy (non-hydrogen) atoms. The second-order valence-electron chi connectivity index (χ2n) is 6.15. The van der Waals surface area contributed by atoms with Gasteiger partial charge < -0.3 is 9.80 Å². The van der Waals surface area contributed by atoms with Crippen molar-refractivity contribution in [1.29, 1.82) is 5.26 Å². The summed E-state index contributed by atoms with van der Waals surface area (Å²) in [5.41, 5.74) is 1.93. The normalized spacial score (nSPS) is 14.8. The molecule has 3 aromatic rings. The van der Waals surface area contributed by atoms with Crippen molar-refractivity contribution in [2.75, 3.05) is 36.0 Å². The average molecular weight is 350 g/mol. The summed E-state index contributed by atoms with van der Waals surface area (Å²) in [6, 6.07) is 5.76. The number of nitrogens with zero attached hydrogens (tertiary/aromatic N) is 6. The lowest BCUT2D eigenvalue weighted by Gasteiger charge is -2.36. The van der Waals surface area contributed by atoms with Crippen molar-refractivity contribution in [1.82, 2.24) is 15.0 Å². The number of fused-ring (bicyclic) bond motifs is 1. The number of aryl methyl sites for hydroxylation is 2. The van der Waals surface area contributed by atoms with Crippen molar-refractivity contribution in [3.8, 4) is 6.07 Å². The molecule has 1 saturated heterocycles. The first kappa shape index (κ1) is 15.8. The molecule has 0 radical (unpaired) electrons. The van der Waals surface area contributed by atoms with Crippen LogP contribution in [0.5, 0.6) is 0 Å². The number of nitriles is 1. The molecule has 4 rings (SSSR count). The Kier molecular flexibility index (Phi) is 3.98. The third kappa shape index (κ3) is 2.79. The van der Waals surface area contributed by atoms with E-state index in [1.807, 2.05) is 6.07 Å². The Morgan fingerprint density at radius 3 is 2.60 bits per heavy atom. The Hall–Kier alpha value is -2.72. The van der Waals surface area contributed by atoms with Crippen LogP contribution < -0.4 is 9.80 Å². The predicted molar refractivity (Wildman–Crippen MR) is 100 cm³/mol. The molecule has 0 bridgehead atoms. The van der Waals surface area contributed by atoms with Gasteiger partial charge in [-0.2, -0.15) is 5.26 Å². The minimum Gasteiger partial charge on any atom is -0.353 e. The van der Waals surface area contributed by atoms with Crippen LogP contribution in [0.1, 0.15) is 16.0 Å². The fourth-order valence-electron chi connectivity index (χ4n) is 3.21. The summed E-state index contributed by atoms with van der Waals surface area (Å²) in [5.74, 6) is 1.90. The number of pyridine rings is 1. The number of rotatable bonds is 2. The molecule has 3 aromatic heterocycles. The first-order valence-corrected chi connectivity index (χ1v) is 9.06. The third-order valence-corrected chi connectivity index (χ3v) is 5.84. The molecule has 1 aliphatic heterocycles. The average Bonchev–Trinajstić information content (AvgIpc) is 2.96. The Morgan fingerprint density at radius 1 is 1.08 bits per heavy atom. The molecule has 0 unspecified atom stereocenters. The van der Waals surface area contributed by atoms with Crippen LogP contribution in [-0.2, 0) is 0 Å². The molecule has 4 heterocycles. The van der Waals surface area contributed by atoms with Crippen molar-refractivity contribution in [2.24, 2.45) is 0 Å². The molecule has 6 nitrogen and oxygen atoms in total. The maximum atomic E-state index is 9.06. The second kappa shape index (κ2) is 6.30. The van der Waals surface area contributed by atoms with Crippen molar-refractivity contribution < 1.29 is 0 Å². The van der Waals surface area contributed by atoms with E-state index in [-0.39, 0.29) is 0 Å². The minimum atomic E-state index is 0.648. The summed E-state index contributed by atoms with van der Waals surface area (Å²) in [5, 5.41) is 10.2. The molecule has 0 amide bonds. The lowest BCUT2D eigenvalue weighted by Crippen LogP contribution is -2.47. The van der Waals surface area contributed by atoms with Crippen LogP contribution in [0.25, 0.3) is 10.2 Å². The van der Waals surface area contributed by atoms with Gasteiger partial charge in [0, 0.05) is 37.3 Å². The number of aromatic nitrogens is 3. The van der Waals surface area contributed by atoms with Gasteiger partial charge in [0.15, 0.2) is 0 Å². The number of anilines is 2. The van der Waals surface area contributed by atoms with Gasteiger partial charge in [-0.3, -0.25) is 0 Å². The van der Waals surface area contributed by atoms with Crippen LogP contribution >= 0.6 is 11.3 Å². The zero-order valence-corrected chi connectivity index (χ0v) is 15.0. The van der Waals surface area contributed by atoms with E-state index in [0.29, 0.717) is 5.56 Å². The molecular weight excluding hydrogens is 332 g/mol. The number of hydrogen-bond donors (Lipinski definition) is 0. The van der Waals surface area contributed by atoms with Crippen LogP contribution in [0.2, 0.25) is 0 Å². The Bertz CT molecular complexity index is 965. The van der Waals surface area contributed by atoms with Crippen molar-refractivity contribution in [2.45, 2.75) is 13.8 Å². The van der Waals surface area contributed by atoms with Gasteiger partial charge in [-0.05, 0) is 31.5 Å². The topological polar surface area (TPSA) is 68.9 Å². The molecule has 0 saturated carbocycles. The lowest BCUT2D eigenvalue weighted by molar-refractivity contribution is 0.643. The van der Waals surface area contributed by atoms with E-state index in [1.54, 1.807) is 29.9 Å². The van der Waals surface area contributed by atoms with E-state index < -0.39 is 0 Å². The predicted octanol–water partition coefficient (Wildman–Crippen LogP) is 2.90. The summed E-state index contributed by atoms with van der Waals surface area (Å²) in [6.45, 7) is 7.74. The first-order valence-electron chi connectivity index (χ1n) is 8.24. The van der Waals surface area contributed by atoms with E-state index >= 15 is 0 Å². The van der Waals surface area contributed by atoms with Crippen molar-refractivity contribution >= 4 is 33.2 Å². The maximum absolute atomic E-state index is 9.06. The third-order valence-electron chi connectivity index (χ3n) is 4.72. The van der Waals surface area contributed by atoms with Crippen LogP contribution in [0, 0.1) is 25.2 Å². The van der Waals surface area contributed by atoms with E-state index in [0.717, 1.165) is 42.6 Å². The quantitative estimate of drug-likeness (QED) is 0.708. The highest BCUT2D eigenvalue weighted by Crippen LogP contribution is 2.34. The fourth-order valence-corrected chi connectivity index (χ4v) is 4.20. The van der Waals surface area contributed by atoms with Crippen LogP contribution in [-0.4, -0.2) is 41.1 Å². The van der Waals surface area contributed by atoms with Crippen LogP contribution in [0.4, 0.5) is 11.6 Å². The highest BCUT2D eigenvalue weighted by Gasteiger charge is 2.22. The largest absolute Gasteiger partial charge is 0.353 e. The summed E-state index contributed by atoms with van der Waals surface area (Å²) in [4.78, 5) is 20.3. The molecule has 1 aliphatic rings. The molecule has 126 valence electrons. The van der Waals surface area contributed by atoms with Gasteiger partial charge in [-0.1, -0.05) is 0 Å². The molecule has 0 aliphatic carbocycles. The van der Waals surface area contributed by atoms with Gasteiger partial charge in [0.2, 0.25) is 0 Å². The second-order valence-corrected chi connectivity index (χ2v) is 7.35.